The van der Waals surface area contributed by atoms with Crippen LogP contribution >= 0.6 is 0 Å². The Balaban J connectivity index is 1.59. The summed E-state index contributed by atoms with van der Waals surface area (Å²) in [4.78, 5) is 18.6. The topological polar surface area (TPSA) is 67.6 Å². The number of carboxylic acid groups (broad SMARTS) is 1. The number of aromatic nitrogens is 2. The van der Waals surface area contributed by atoms with E-state index in [4.69, 9.17) is 9.72 Å². The van der Waals surface area contributed by atoms with E-state index in [1.54, 1.807) is 19.2 Å². The zero-order valence-electron chi connectivity index (χ0n) is 17.0. The van der Waals surface area contributed by atoms with Crippen LogP contribution in [0.5, 0.6) is 5.75 Å². The number of ether oxygens (including phenoxy) is 1. The van der Waals surface area contributed by atoms with E-state index in [1.807, 2.05) is 18.2 Å². The molecule has 2 heterocycles. The smallest absolute Gasteiger partial charge is 0.335 e. The van der Waals surface area contributed by atoms with E-state index in [-0.39, 0.29) is 5.56 Å². The Morgan fingerprint density at radius 3 is 2.86 bits per heavy atom. The monoisotopic (exact) mass is 393 g/mol. The molecule has 6 nitrogen and oxygen atoms in total. The van der Waals surface area contributed by atoms with Crippen LogP contribution in [-0.2, 0) is 19.5 Å². The van der Waals surface area contributed by atoms with Crippen molar-refractivity contribution in [2.45, 2.75) is 45.3 Å². The van der Waals surface area contributed by atoms with Gasteiger partial charge in [-0.15, -0.1) is 0 Å². The van der Waals surface area contributed by atoms with Crippen molar-refractivity contribution in [2.75, 3.05) is 13.7 Å². The third kappa shape index (κ3) is 3.85. The lowest BCUT2D eigenvalue weighted by molar-refractivity contribution is 0.0697. The van der Waals surface area contributed by atoms with Crippen LogP contribution < -0.4 is 4.74 Å². The highest BCUT2D eigenvalue weighted by molar-refractivity contribution is 5.92. The van der Waals surface area contributed by atoms with Crippen molar-refractivity contribution < 1.29 is 14.6 Å². The molecular formula is C23H27N3O3. The van der Waals surface area contributed by atoms with Crippen LogP contribution in [0.4, 0.5) is 0 Å². The van der Waals surface area contributed by atoms with Gasteiger partial charge in [0.2, 0.25) is 0 Å². The molecule has 1 aliphatic rings. The van der Waals surface area contributed by atoms with Crippen molar-refractivity contribution in [1.29, 1.82) is 0 Å². The summed E-state index contributed by atoms with van der Waals surface area (Å²) in [7, 11) is 1.72. The third-order valence-electron chi connectivity index (χ3n) is 5.88. The lowest BCUT2D eigenvalue weighted by Crippen LogP contribution is -2.31. The van der Waals surface area contributed by atoms with Crippen LogP contribution in [-0.4, -0.2) is 45.2 Å². The van der Waals surface area contributed by atoms with Crippen molar-refractivity contribution >= 4 is 17.0 Å². The molecule has 0 bridgehead atoms. The number of rotatable bonds is 7. The maximum Gasteiger partial charge on any atom is 0.335 e. The second-order valence-corrected chi connectivity index (χ2v) is 7.56. The predicted molar refractivity (Wildman–Crippen MR) is 112 cm³/mol. The molecule has 1 saturated heterocycles. The van der Waals surface area contributed by atoms with Crippen LogP contribution in [0, 0.1) is 0 Å². The number of likely N-dealkylation sites (tertiary alicyclic amines) is 1. The number of imidazole rings is 1. The number of carbonyl (C=O) groups is 1. The maximum absolute atomic E-state index is 11.3. The van der Waals surface area contributed by atoms with E-state index in [2.05, 4.69) is 28.5 Å². The highest BCUT2D eigenvalue weighted by atomic mass is 16.5. The molecule has 6 heteroatoms. The Hall–Kier alpha value is -2.86. The number of aromatic carboxylic acids is 1. The van der Waals surface area contributed by atoms with Gasteiger partial charge in [-0.25, -0.2) is 9.78 Å². The predicted octanol–water partition coefficient (Wildman–Crippen LogP) is 3.97. The van der Waals surface area contributed by atoms with E-state index in [9.17, 15) is 9.90 Å². The SMILES string of the molecule is CCn1c(CN2CCCC2Cc2ccccc2OC)nc2cc(C(=O)O)ccc21. The first-order valence-corrected chi connectivity index (χ1v) is 10.2. The first kappa shape index (κ1) is 19.5. The molecule has 0 spiro atoms. The molecule has 1 N–H and O–H groups in total. The molecule has 0 radical (unpaired) electrons. The van der Waals surface area contributed by atoms with E-state index in [1.165, 1.54) is 12.0 Å². The molecule has 0 saturated carbocycles. The first-order valence-electron chi connectivity index (χ1n) is 10.2. The first-order chi connectivity index (χ1) is 14.1. The van der Waals surface area contributed by atoms with Gasteiger partial charge in [-0.3, -0.25) is 4.90 Å². The van der Waals surface area contributed by atoms with Crippen LogP contribution in [0.15, 0.2) is 42.5 Å². The number of hydrogen-bond donors (Lipinski definition) is 1. The molecule has 3 aromatic rings. The van der Waals surface area contributed by atoms with Gasteiger partial charge in [0.05, 0.1) is 30.3 Å². The molecule has 1 aliphatic heterocycles. The van der Waals surface area contributed by atoms with E-state index in [0.29, 0.717) is 6.04 Å². The fourth-order valence-electron chi connectivity index (χ4n) is 4.43. The van der Waals surface area contributed by atoms with Crippen molar-refractivity contribution in [3.05, 3.63) is 59.4 Å². The van der Waals surface area contributed by atoms with Crippen LogP contribution in [0.1, 0.15) is 41.5 Å². The van der Waals surface area contributed by atoms with Crippen LogP contribution in [0.3, 0.4) is 0 Å². The fraction of sp³-hybridized carbons (Fsp3) is 0.391. The molecule has 29 heavy (non-hydrogen) atoms. The summed E-state index contributed by atoms with van der Waals surface area (Å²) in [5.41, 5.74) is 3.26. The highest BCUT2D eigenvalue weighted by Gasteiger charge is 2.27. The molecule has 1 unspecified atom stereocenters. The van der Waals surface area contributed by atoms with Crippen molar-refractivity contribution in [3.63, 3.8) is 0 Å². The Labute approximate surface area is 170 Å². The van der Waals surface area contributed by atoms with Gasteiger partial charge in [0.25, 0.3) is 0 Å². The molecule has 1 aromatic heterocycles. The molecule has 0 aliphatic carbocycles. The molecule has 1 fully saturated rings. The summed E-state index contributed by atoms with van der Waals surface area (Å²) < 4.78 is 7.73. The third-order valence-corrected chi connectivity index (χ3v) is 5.88. The minimum atomic E-state index is -0.920. The van der Waals surface area contributed by atoms with Gasteiger partial charge in [-0.1, -0.05) is 18.2 Å². The summed E-state index contributed by atoms with van der Waals surface area (Å²) in [5, 5.41) is 9.27. The molecule has 0 amide bonds. The second-order valence-electron chi connectivity index (χ2n) is 7.56. The van der Waals surface area contributed by atoms with Gasteiger partial charge < -0.3 is 14.4 Å². The summed E-state index contributed by atoms with van der Waals surface area (Å²) in [6.45, 7) is 4.73. The minimum absolute atomic E-state index is 0.278. The van der Waals surface area contributed by atoms with Gasteiger partial charge in [0.1, 0.15) is 11.6 Å². The zero-order valence-corrected chi connectivity index (χ0v) is 17.0. The Morgan fingerprint density at radius 1 is 1.28 bits per heavy atom. The van der Waals surface area contributed by atoms with Gasteiger partial charge in [0, 0.05) is 12.6 Å². The van der Waals surface area contributed by atoms with E-state index >= 15 is 0 Å². The van der Waals surface area contributed by atoms with Crippen LogP contribution in [0.2, 0.25) is 0 Å². The number of benzene rings is 2. The number of carboxylic acids is 1. The quantitative estimate of drug-likeness (QED) is 0.658. The van der Waals surface area contributed by atoms with Crippen molar-refractivity contribution in [1.82, 2.24) is 14.5 Å². The molecule has 4 rings (SSSR count). The Kier molecular flexibility index (Phi) is 5.53. The lowest BCUT2D eigenvalue weighted by atomic mass is 10.0. The summed E-state index contributed by atoms with van der Waals surface area (Å²) in [6, 6.07) is 13.9. The normalized spacial score (nSPS) is 17.1. The number of methoxy groups -OCH3 is 1. The average Bonchev–Trinajstić information content (AvgIpc) is 3.31. The number of fused-ring (bicyclic) bond motifs is 1. The van der Waals surface area contributed by atoms with E-state index in [0.717, 1.165) is 55.1 Å². The standard InChI is InChI=1S/C23H27N3O3/c1-3-26-20-11-10-17(23(27)28)14-19(20)24-22(26)15-25-12-6-8-18(25)13-16-7-4-5-9-21(16)29-2/h4-5,7,9-11,14,18H,3,6,8,12-13,15H2,1-2H3,(H,27,28). The number of aryl methyl sites for hydroxylation is 1. The number of hydrogen-bond acceptors (Lipinski definition) is 4. The average molecular weight is 393 g/mol. The molecule has 2 aromatic carbocycles. The van der Waals surface area contributed by atoms with Crippen molar-refractivity contribution in [2.24, 2.45) is 0 Å². The van der Waals surface area contributed by atoms with Crippen molar-refractivity contribution in [3.8, 4) is 5.75 Å². The maximum atomic E-state index is 11.3. The molecular weight excluding hydrogens is 366 g/mol. The van der Waals surface area contributed by atoms with Crippen LogP contribution in [0.25, 0.3) is 11.0 Å². The summed E-state index contributed by atoms with van der Waals surface area (Å²) in [5.74, 6) is 1.02. The largest absolute Gasteiger partial charge is 0.496 e. The summed E-state index contributed by atoms with van der Waals surface area (Å²) in [6.07, 6.45) is 3.29. The van der Waals surface area contributed by atoms with Gasteiger partial charge >= 0.3 is 5.97 Å². The Morgan fingerprint density at radius 2 is 2.10 bits per heavy atom. The van der Waals surface area contributed by atoms with Gasteiger partial charge in [-0.05, 0) is 62.6 Å². The molecule has 1 atom stereocenters. The number of nitrogens with zero attached hydrogens (tertiary/aromatic N) is 3. The zero-order chi connectivity index (χ0) is 20.4. The van der Waals surface area contributed by atoms with E-state index < -0.39 is 5.97 Å². The minimum Gasteiger partial charge on any atom is -0.496 e. The fourth-order valence-corrected chi connectivity index (χ4v) is 4.43. The number of para-hydroxylation sites is 1. The Bertz CT molecular complexity index is 1030. The van der Waals surface area contributed by atoms with Gasteiger partial charge in [-0.2, -0.15) is 0 Å². The highest BCUT2D eigenvalue weighted by Crippen LogP contribution is 2.28. The second kappa shape index (κ2) is 8.25. The lowest BCUT2D eigenvalue weighted by Gasteiger charge is -2.25. The summed E-state index contributed by atoms with van der Waals surface area (Å²) >= 11 is 0. The molecule has 152 valence electrons. The van der Waals surface area contributed by atoms with Gasteiger partial charge in [0.15, 0.2) is 0 Å².